The van der Waals surface area contributed by atoms with Crippen LogP contribution in [0.25, 0.3) is 10.6 Å². The third kappa shape index (κ3) is 1.61. The summed E-state index contributed by atoms with van der Waals surface area (Å²) >= 11 is 1.35. The molecule has 0 saturated carbocycles. The Kier molecular flexibility index (Phi) is 2.21. The first-order valence-corrected chi connectivity index (χ1v) is 4.91. The Hall–Kier alpha value is -1.42. The third-order valence-corrected chi connectivity index (χ3v) is 2.85. The summed E-state index contributed by atoms with van der Waals surface area (Å²) in [6, 6.07) is 6.17. The van der Waals surface area contributed by atoms with E-state index in [1.54, 1.807) is 19.1 Å². The van der Waals surface area contributed by atoms with Crippen molar-refractivity contribution < 1.29 is 9.50 Å². The van der Waals surface area contributed by atoms with E-state index in [0.717, 1.165) is 4.88 Å². The van der Waals surface area contributed by atoms with Crippen LogP contribution in [-0.2, 0) is 0 Å². The Morgan fingerprint density at radius 2 is 2.21 bits per heavy atom. The molecule has 1 N–H and O–H groups in total. The van der Waals surface area contributed by atoms with Crippen LogP contribution in [0.2, 0.25) is 0 Å². The van der Waals surface area contributed by atoms with Gasteiger partial charge in [0.05, 0.1) is 4.88 Å². The number of hydrogen-bond donors (Lipinski definition) is 1. The minimum Gasteiger partial charge on any atom is -0.492 e. The van der Waals surface area contributed by atoms with Crippen LogP contribution in [0.5, 0.6) is 5.88 Å². The molecule has 0 aliphatic heterocycles. The molecule has 4 heteroatoms. The highest BCUT2D eigenvalue weighted by molar-refractivity contribution is 7.15. The van der Waals surface area contributed by atoms with Gasteiger partial charge in [0, 0.05) is 5.56 Å². The van der Waals surface area contributed by atoms with Crippen LogP contribution in [0.1, 0.15) is 4.88 Å². The first-order valence-electron chi connectivity index (χ1n) is 4.09. The monoisotopic (exact) mass is 209 g/mol. The van der Waals surface area contributed by atoms with Crippen molar-refractivity contribution >= 4 is 11.3 Å². The fourth-order valence-corrected chi connectivity index (χ4v) is 1.94. The van der Waals surface area contributed by atoms with Crippen LogP contribution in [0.4, 0.5) is 4.39 Å². The second-order valence-electron chi connectivity index (χ2n) is 2.91. The van der Waals surface area contributed by atoms with Gasteiger partial charge >= 0.3 is 0 Å². The number of benzene rings is 1. The average Bonchev–Trinajstić information content (AvgIpc) is 2.47. The first kappa shape index (κ1) is 9.15. The van der Waals surface area contributed by atoms with Gasteiger partial charge in [-0.05, 0) is 19.1 Å². The van der Waals surface area contributed by atoms with E-state index < -0.39 is 0 Å². The van der Waals surface area contributed by atoms with E-state index >= 15 is 0 Å². The lowest BCUT2D eigenvalue weighted by molar-refractivity contribution is 0.454. The summed E-state index contributed by atoms with van der Waals surface area (Å²) in [6.07, 6.45) is 0. The van der Waals surface area contributed by atoms with E-state index in [4.69, 9.17) is 0 Å². The van der Waals surface area contributed by atoms with Crippen molar-refractivity contribution in [3.05, 3.63) is 35.0 Å². The van der Waals surface area contributed by atoms with Crippen molar-refractivity contribution in [3.8, 4) is 16.5 Å². The van der Waals surface area contributed by atoms with Crippen molar-refractivity contribution in [1.82, 2.24) is 4.98 Å². The molecule has 2 rings (SSSR count). The lowest BCUT2D eigenvalue weighted by Gasteiger charge is -1.94. The molecule has 1 aromatic carbocycles. The Labute approximate surface area is 84.7 Å². The number of aryl methyl sites for hydroxylation is 1. The van der Waals surface area contributed by atoms with Crippen molar-refractivity contribution in [2.45, 2.75) is 6.92 Å². The van der Waals surface area contributed by atoms with E-state index in [2.05, 4.69) is 4.98 Å². The lowest BCUT2D eigenvalue weighted by Crippen LogP contribution is -1.77. The Balaban J connectivity index is 2.49. The van der Waals surface area contributed by atoms with Crippen LogP contribution in [-0.4, -0.2) is 10.1 Å². The smallest absolute Gasteiger partial charge is 0.225 e. The van der Waals surface area contributed by atoms with Crippen molar-refractivity contribution in [1.29, 1.82) is 0 Å². The van der Waals surface area contributed by atoms with Gasteiger partial charge < -0.3 is 5.11 Å². The maximum atomic E-state index is 12.9. The fourth-order valence-electron chi connectivity index (χ4n) is 1.13. The van der Waals surface area contributed by atoms with Gasteiger partial charge in [0.25, 0.3) is 0 Å². The minimum absolute atomic E-state index is 0.0225. The molecule has 1 aromatic heterocycles. The molecule has 1 heterocycles. The Morgan fingerprint density at radius 3 is 2.79 bits per heavy atom. The zero-order valence-corrected chi connectivity index (χ0v) is 8.31. The van der Waals surface area contributed by atoms with Gasteiger partial charge in [-0.2, -0.15) is 0 Å². The molecule has 2 aromatic rings. The Morgan fingerprint density at radius 1 is 1.43 bits per heavy atom. The van der Waals surface area contributed by atoms with Gasteiger partial charge in [0.2, 0.25) is 5.88 Å². The maximum absolute atomic E-state index is 12.9. The predicted octanol–water partition coefficient (Wildman–Crippen LogP) is 2.96. The van der Waals surface area contributed by atoms with Gasteiger partial charge in [-0.1, -0.05) is 12.1 Å². The van der Waals surface area contributed by atoms with E-state index in [1.807, 2.05) is 0 Å². The maximum Gasteiger partial charge on any atom is 0.225 e. The molecular weight excluding hydrogens is 201 g/mol. The topological polar surface area (TPSA) is 33.1 Å². The predicted molar refractivity (Wildman–Crippen MR) is 53.9 cm³/mol. The second kappa shape index (κ2) is 3.38. The molecular formula is C10H8FNOS. The number of aromatic hydroxyl groups is 1. The number of aromatic nitrogens is 1. The molecule has 0 saturated heterocycles. The number of hydrogen-bond acceptors (Lipinski definition) is 3. The van der Waals surface area contributed by atoms with Gasteiger partial charge in [0.15, 0.2) is 0 Å². The largest absolute Gasteiger partial charge is 0.492 e. The highest BCUT2D eigenvalue weighted by atomic mass is 32.1. The fraction of sp³-hybridized carbons (Fsp3) is 0.100. The van der Waals surface area contributed by atoms with Gasteiger partial charge in [-0.15, -0.1) is 11.3 Å². The normalized spacial score (nSPS) is 10.4. The van der Waals surface area contributed by atoms with Crippen LogP contribution in [0.3, 0.4) is 0 Å². The zero-order chi connectivity index (χ0) is 10.1. The van der Waals surface area contributed by atoms with Crippen molar-refractivity contribution in [2.24, 2.45) is 0 Å². The quantitative estimate of drug-likeness (QED) is 0.783. The molecule has 0 aliphatic rings. The van der Waals surface area contributed by atoms with Gasteiger partial charge in [-0.3, -0.25) is 0 Å². The third-order valence-electron chi connectivity index (χ3n) is 1.84. The van der Waals surface area contributed by atoms with Gasteiger partial charge in [-0.25, -0.2) is 9.37 Å². The summed E-state index contributed by atoms with van der Waals surface area (Å²) in [4.78, 5) is 4.67. The average molecular weight is 209 g/mol. The first-order chi connectivity index (χ1) is 6.66. The molecule has 72 valence electrons. The van der Waals surface area contributed by atoms with E-state index in [1.165, 1.54) is 23.5 Å². The van der Waals surface area contributed by atoms with Crippen LogP contribution in [0.15, 0.2) is 24.3 Å². The molecule has 0 spiro atoms. The van der Waals surface area contributed by atoms with Gasteiger partial charge in [0.1, 0.15) is 10.8 Å². The van der Waals surface area contributed by atoms with Crippen LogP contribution in [0, 0.1) is 12.7 Å². The van der Waals surface area contributed by atoms with E-state index in [-0.39, 0.29) is 11.7 Å². The Bertz CT molecular complexity index is 447. The van der Waals surface area contributed by atoms with Crippen LogP contribution < -0.4 is 0 Å². The van der Waals surface area contributed by atoms with Crippen molar-refractivity contribution in [3.63, 3.8) is 0 Å². The molecule has 0 radical (unpaired) electrons. The molecule has 0 fully saturated rings. The van der Waals surface area contributed by atoms with Crippen LogP contribution >= 0.6 is 11.3 Å². The second-order valence-corrected chi connectivity index (χ2v) is 4.11. The number of thiazole rings is 1. The molecule has 0 bridgehead atoms. The molecule has 0 aliphatic carbocycles. The molecule has 0 unspecified atom stereocenters. The minimum atomic E-state index is -0.296. The van der Waals surface area contributed by atoms with Crippen molar-refractivity contribution in [2.75, 3.05) is 0 Å². The SMILES string of the molecule is Cc1sc(-c2cccc(F)c2)nc1O. The lowest BCUT2D eigenvalue weighted by atomic mass is 10.2. The van der Waals surface area contributed by atoms with E-state index in [9.17, 15) is 9.50 Å². The summed E-state index contributed by atoms with van der Waals surface area (Å²) < 4.78 is 12.9. The summed E-state index contributed by atoms with van der Waals surface area (Å²) in [7, 11) is 0. The highest BCUT2D eigenvalue weighted by Gasteiger charge is 2.08. The molecule has 2 nitrogen and oxygen atoms in total. The molecule has 0 atom stereocenters. The zero-order valence-electron chi connectivity index (χ0n) is 7.49. The number of nitrogens with zero attached hydrogens (tertiary/aromatic N) is 1. The summed E-state index contributed by atoms with van der Waals surface area (Å²) in [5, 5.41) is 9.91. The highest BCUT2D eigenvalue weighted by Crippen LogP contribution is 2.30. The standard InChI is InChI=1S/C10H8FNOS/c1-6-9(13)12-10(14-6)7-3-2-4-8(11)5-7/h2-5,13H,1H3. The van der Waals surface area contributed by atoms with E-state index in [0.29, 0.717) is 10.6 Å². The molecule has 14 heavy (non-hydrogen) atoms. The molecule has 0 amide bonds. The summed E-state index contributed by atoms with van der Waals surface area (Å²) in [5.74, 6) is -0.274. The summed E-state index contributed by atoms with van der Waals surface area (Å²) in [6.45, 7) is 1.77. The summed E-state index contributed by atoms with van der Waals surface area (Å²) in [5.41, 5.74) is 0.693. The number of rotatable bonds is 1. The number of halogens is 1.